The molecule has 6 nitrogen and oxygen atoms in total. The molecule has 4 aliphatic carbocycles. The Bertz CT molecular complexity index is 1090. The van der Waals surface area contributed by atoms with E-state index >= 15 is 4.39 Å². The molecule has 4 bridgehead atoms. The molecule has 5 fully saturated rings. The Morgan fingerprint density at radius 3 is 2.79 bits per heavy atom. The molecule has 29 heavy (non-hydrogen) atoms. The maximum atomic E-state index is 15.2. The van der Waals surface area contributed by atoms with E-state index in [0.717, 1.165) is 35.7 Å². The molecule has 2 unspecified atom stereocenters. The summed E-state index contributed by atoms with van der Waals surface area (Å²) in [6, 6.07) is 5.96. The molecule has 150 valence electrons. The third kappa shape index (κ3) is 2.78. The van der Waals surface area contributed by atoms with Crippen LogP contribution >= 0.6 is 0 Å². The first-order chi connectivity index (χ1) is 13.9. The number of rotatable bonds is 2. The average molecular weight is 393 g/mol. The highest BCUT2D eigenvalue weighted by Gasteiger charge is 2.58. The predicted octanol–water partition coefficient (Wildman–Crippen LogP) is 3.05. The molecular weight excluding hydrogens is 369 g/mol. The standard InChI is InChI=1S/C22H24FN5O/c1-28-18-3-2-13(5-16(18)11-24-28)6-17-19(29)26-20(25-17)27-22-9-14-4-15(10-22)8-21(23,7-14)12-22/h2-3,5-6,11,14-15H,4,7-10,12H2,1H3,(H2,25,26,27,29)/b17-6-. The second-order valence-electron chi connectivity index (χ2n) is 9.52. The first kappa shape index (κ1) is 17.2. The van der Waals surface area contributed by atoms with Gasteiger partial charge in [-0.2, -0.15) is 5.10 Å². The highest BCUT2D eigenvalue weighted by Crippen LogP contribution is 2.60. The molecule has 7 rings (SSSR count). The fourth-order valence-corrected chi connectivity index (χ4v) is 6.46. The second kappa shape index (κ2) is 5.68. The zero-order valence-corrected chi connectivity index (χ0v) is 16.4. The molecule has 4 saturated carbocycles. The lowest BCUT2D eigenvalue weighted by atomic mass is 9.52. The number of alkyl halides is 1. The monoisotopic (exact) mass is 393 g/mol. The Labute approximate surface area is 168 Å². The van der Waals surface area contributed by atoms with Gasteiger partial charge in [0.1, 0.15) is 11.4 Å². The summed E-state index contributed by atoms with van der Waals surface area (Å²) >= 11 is 0. The summed E-state index contributed by atoms with van der Waals surface area (Å²) in [5, 5.41) is 11.3. The zero-order valence-electron chi connectivity index (χ0n) is 16.4. The van der Waals surface area contributed by atoms with Gasteiger partial charge in [-0.25, -0.2) is 9.38 Å². The van der Waals surface area contributed by atoms with Gasteiger partial charge in [-0.1, -0.05) is 6.07 Å². The number of aryl methyl sites for hydroxylation is 1. The first-order valence-corrected chi connectivity index (χ1v) is 10.4. The fourth-order valence-electron chi connectivity index (χ4n) is 6.46. The zero-order chi connectivity index (χ0) is 19.8. The Morgan fingerprint density at radius 2 is 2.03 bits per heavy atom. The third-order valence-electron chi connectivity index (χ3n) is 7.12. The van der Waals surface area contributed by atoms with Crippen LogP contribution in [0.5, 0.6) is 0 Å². The largest absolute Gasteiger partial charge is 0.321 e. The summed E-state index contributed by atoms with van der Waals surface area (Å²) < 4.78 is 17.0. The van der Waals surface area contributed by atoms with Crippen LogP contribution in [0.4, 0.5) is 4.39 Å². The van der Waals surface area contributed by atoms with E-state index in [9.17, 15) is 4.79 Å². The van der Waals surface area contributed by atoms with Crippen molar-refractivity contribution in [3.8, 4) is 0 Å². The predicted molar refractivity (Wildman–Crippen MR) is 109 cm³/mol. The third-order valence-corrected chi connectivity index (χ3v) is 7.12. The van der Waals surface area contributed by atoms with Crippen LogP contribution in [-0.2, 0) is 11.8 Å². The van der Waals surface area contributed by atoms with E-state index in [-0.39, 0.29) is 11.4 Å². The lowest BCUT2D eigenvalue weighted by Gasteiger charge is -2.57. The van der Waals surface area contributed by atoms with Crippen LogP contribution in [0.15, 0.2) is 35.1 Å². The lowest BCUT2D eigenvalue weighted by molar-refractivity contribution is -0.115. The number of fused-ring (bicyclic) bond motifs is 1. The molecule has 1 aromatic heterocycles. The molecule has 1 aromatic carbocycles. The van der Waals surface area contributed by atoms with Gasteiger partial charge in [0.25, 0.3) is 5.91 Å². The van der Waals surface area contributed by atoms with Crippen molar-refractivity contribution >= 4 is 28.8 Å². The van der Waals surface area contributed by atoms with Gasteiger partial charge in [0.15, 0.2) is 0 Å². The van der Waals surface area contributed by atoms with Crippen LogP contribution in [0.3, 0.4) is 0 Å². The minimum atomic E-state index is -1.06. The molecule has 0 spiro atoms. The van der Waals surface area contributed by atoms with E-state index in [1.54, 1.807) is 0 Å². The van der Waals surface area contributed by atoms with Crippen molar-refractivity contribution in [3.05, 3.63) is 35.7 Å². The normalized spacial score (nSPS) is 38.2. The maximum absolute atomic E-state index is 15.2. The molecule has 2 N–H and O–H groups in total. The molecule has 7 heteroatoms. The number of benzene rings is 1. The topological polar surface area (TPSA) is 71.3 Å². The summed E-state index contributed by atoms with van der Waals surface area (Å²) in [5.41, 5.74) is 1.00. The van der Waals surface area contributed by atoms with E-state index < -0.39 is 5.67 Å². The summed E-state index contributed by atoms with van der Waals surface area (Å²) in [4.78, 5) is 17.4. The quantitative estimate of drug-likeness (QED) is 0.771. The number of halogens is 1. The van der Waals surface area contributed by atoms with Crippen LogP contribution in [0, 0.1) is 11.8 Å². The van der Waals surface area contributed by atoms with Crippen molar-refractivity contribution in [1.29, 1.82) is 0 Å². The molecule has 0 radical (unpaired) electrons. The Morgan fingerprint density at radius 1 is 1.24 bits per heavy atom. The number of hydrogen-bond donors (Lipinski definition) is 2. The van der Waals surface area contributed by atoms with Gasteiger partial charge < -0.3 is 5.32 Å². The van der Waals surface area contributed by atoms with Crippen LogP contribution in [-0.4, -0.2) is 32.9 Å². The number of carbonyl (C=O) groups excluding carboxylic acids is 1. The van der Waals surface area contributed by atoms with Crippen LogP contribution < -0.4 is 10.6 Å². The van der Waals surface area contributed by atoms with Gasteiger partial charge in [0, 0.05) is 18.9 Å². The van der Waals surface area contributed by atoms with Crippen LogP contribution in [0.2, 0.25) is 0 Å². The number of nitrogens with zero attached hydrogens (tertiary/aromatic N) is 3. The van der Waals surface area contributed by atoms with Crippen molar-refractivity contribution in [2.24, 2.45) is 23.9 Å². The number of nitrogens with one attached hydrogen (secondary N) is 2. The van der Waals surface area contributed by atoms with Crippen molar-refractivity contribution in [2.75, 3.05) is 0 Å². The van der Waals surface area contributed by atoms with Gasteiger partial charge in [-0.3, -0.25) is 14.8 Å². The molecule has 5 aliphatic rings. The Kier molecular flexibility index (Phi) is 3.36. The molecule has 2 heterocycles. The number of amides is 1. The molecule has 1 amide bonds. The number of guanidine groups is 1. The van der Waals surface area contributed by atoms with Crippen molar-refractivity contribution < 1.29 is 9.18 Å². The minimum Gasteiger partial charge on any atom is -0.321 e. The van der Waals surface area contributed by atoms with Gasteiger partial charge in [-0.05, 0) is 67.7 Å². The van der Waals surface area contributed by atoms with E-state index in [2.05, 4.69) is 15.7 Å². The summed E-state index contributed by atoms with van der Waals surface area (Å²) in [5.74, 6) is 1.14. The fraction of sp³-hybridized carbons (Fsp3) is 0.500. The van der Waals surface area contributed by atoms with Gasteiger partial charge >= 0.3 is 0 Å². The molecular formula is C22H24FN5O. The highest BCUT2D eigenvalue weighted by atomic mass is 19.1. The molecule has 2 aromatic rings. The maximum Gasteiger partial charge on any atom is 0.274 e. The smallest absolute Gasteiger partial charge is 0.274 e. The average Bonchev–Trinajstić information content (AvgIpc) is 3.15. The Balaban J connectivity index is 1.28. The molecule has 2 atom stereocenters. The molecule has 1 aliphatic heterocycles. The van der Waals surface area contributed by atoms with E-state index in [1.165, 1.54) is 0 Å². The second-order valence-corrected chi connectivity index (χ2v) is 9.52. The highest BCUT2D eigenvalue weighted by molar-refractivity contribution is 6.15. The van der Waals surface area contributed by atoms with E-state index in [1.807, 2.05) is 42.2 Å². The summed E-state index contributed by atoms with van der Waals surface area (Å²) in [7, 11) is 1.90. The lowest BCUT2D eigenvalue weighted by Crippen LogP contribution is -2.57. The van der Waals surface area contributed by atoms with E-state index in [0.29, 0.717) is 42.8 Å². The number of hydrogen-bond acceptors (Lipinski definition) is 3. The number of aliphatic imine (C=N–C) groups is 1. The van der Waals surface area contributed by atoms with Crippen LogP contribution in [0.1, 0.15) is 44.1 Å². The van der Waals surface area contributed by atoms with Crippen molar-refractivity contribution in [2.45, 2.75) is 49.7 Å². The van der Waals surface area contributed by atoms with Crippen molar-refractivity contribution in [3.63, 3.8) is 0 Å². The number of carbonyl (C=O) groups is 1. The minimum absolute atomic E-state index is 0.199. The van der Waals surface area contributed by atoms with Crippen LogP contribution in [0.25, 0.3) is 17.0 Å². The SMILES string of the molecule is Cn1ncc2cc(/C=C3\NC(=NC45CC6CC(CC(F)(C6)C4)C5)NC3=O)ccc21. The first-order valence-electron chi connectivity index (χ1n) is 10.4. The van der Waals surface area contributed by atoms with Crippen molar-refractivity contribution in [1.82, 2.24) is 20.4 Å². The van der Waals surface area contributed by atoms with Gasteiger partial charge in [0.2, 0.25) is 5.96 Å². The number of aromatic nitrogens is 2. The van der Waals surface area contributed by atoms with Gasteiger partial charge in [-0.15, -0.1) is 0 Å². The Hall–Kier alpha value is -2.70. The van der Waals surface area contributed by atoms with Gasteiger partial charge in [0.05, 0.1) is 17.3 Å². The summed E-state index contributed by atoms with van der Waals surface area (Å²) in [6.07, 6.45) is 8.52. The molecule has 1 saturated heterocycles. The van der Waals surface area contributed by atoms with E-state index in [4.69, 9.17) is 4.99 Å². The summed E-state index contributed by atoms with van der Waals surface area (Å²) in [6.45, 7) is 0.